The van der Waals surface area contributed by atoms with E-state index in [1.54, 1.807) is 31.3 Å². The van der Waals surface area contributed by atoms with E-state index in [4.69, 9.17) is 10.5 Å². The fourth-order valence-electron chi connectivity index (χ4n) is 3.45. The second-order valence-corrected chi connectivity index (χ2v) is 7.39. The van der Waals surface area contributed by atoms with Crippen molar-refractivity contribution in [2.75, 3.05) is 12.8 Å². The van der Waals surface area contributed by atoms with Crippen LogP contribution in [0, 0.1) is 12.7 Å². The van der Waals surface area contributed by atoms with Gasteiger partial charge in [-0.1, -0.05) is 0 Å². The van der Waals surface area contributed by atoms with E-state index >= 15 is 0 Å². The molecule has 0 atom stereocenters. The maximum absolute atomic E-state index is 13.7. The minimum Gasteiger partial charge on any atom is -0.480 e. The molecule has 176 valence electrons. The number of fused-ring (bicyclic) bond motifs is 1. The van der Waals surface area contributed by atoms with E-state index < -0.39 is 23.5 Å². The van der Waals surface area contributed by atoms with Crippen LogP contribution in [0.25, 0.3) is 16.8 Å². The van der Waals surface area contributed by atoms with Gasteiger partial charge >= 0.3 is 6.18 Å². The van der Waals surface area contributed by atoms with Crippen molar-refractivity contribution < 1.29 is 27.1 Å². The number of nitrogen functional groups attached to an aromatic ring is 1. The number of aromatic nitrogens is 4. The van der Waals surface area contributed by atoms with Crippen LogP contribution in [0.4, 0.5) is 23.5 Å². The van der Waals surface area contributed by atoms with Crippen LogP contribution in [0.1, 0.15) is 27.2 Å². The second-order valence-electron chi connectivity index (χ2n) is 7.39. The molecule has 0 aliphatic heterocycles. The van der Waals surface area contributed by atoms with Crippen molar-refractivity contribution in [1.29, 1.82) is 0 Å². The number of nitrogens with two attached hydrogens (primary N) is 1. The quantitative estimate of drug-likeness (QED) is 0.427. The van der Waals surface area contributed by atoms with Crippen LogP contribution >= 0.6 is 0 Å². The molecule has 4 aromatic rings. The summed E-state index contributed by atoms with van der Waals surface area (Å²) in [6.07, 6.45) is -3.06. The summed E-state index contributed by atoms with van der Waals surface area (Å²) in [4.78, 5) is 21.3. The number of carbonyl (C=O) groups is 1. The number of amides is 1. The van der Waals surface area contributed by atoms with E-state index in [0.717, 1.165) is 12.1 Å². The zero-order valence-corrected chi connectivity index (χ0v) is 17.9. The molecule has 4 rings (SSSR count). The molecule has 0 saturated heterocycles. The topological polar surface area (TPSA) is 107 Å². The summed E-state index contributed by atoms with van der Waals surface area (Å²) in [6.45, 7) is 1.39. The van der Waals surface area contributed by atoms with Gasteiger partial charge in [0.2, 0.25) is 11.8 Å². The number of nitrogens with one attached hydrogen (secondary N) is 1. The summed E-state index contributed by atoms with van der Waals surface area (Å²) in [7, 11) is 1.34. The van der Waals surface area contributed by atoms with Crippen LogP contribution in [-0.2, 0) is 12.7 Å². The molecule has 12 heteroatoms. The monoisotopic (exact) mass is 474 g/mol. The number of carbonyl (C=O) groups excluding carboxylic acids is 1. The SMILES string of the molecule is COc1nc(C)c(-c2ccn3nc(N)nc3c2)cc1C(=O)NCc1cc(F)cc(C(F)(F)F)c1. The molecule has 0 aliphatic rings. The van der Waals surface area contributed by atoms with Crippen molar-refractivity contribution in [3.63, 3.8) is 0 Å². The lowest BCUT2D eigenvalue weighted by Crippen LogP contribution is -2.24. The van der Waals surface area contributed by atoms with Gasteiger partial charge < -0.3 is 15.8 Å². The molecular formula is C22H18F4N6O2. The van der Waals surface area contributed by atoms with Crippen LogP contribution < -0.4 is 15.8 Å². The molecule has 8 nitrogen and oxygen atoms in total. The number of benzene rings is 1. The number of pyridine rings is 2. The third-order valence-electron chi connectivity index (χ3n) is 5.02. The number of halogens is 4. The van der Waals surface area contributed by atoms with Crippen LogP contribution in [0.3, 0.4) is 0 Å². The maximum atomic E-state index is 13.7. The summed E-state index contributed by atoms with van der Waals surface area (Å²) in [5, 5.41) is 6.50. The number of nitrogens with zero attached hydrogens (tertiary/aromatic N) is 4. The molecule has 1 aromatic carbocycles. The summed E-state index contributed by atoms with van der Waals surface area (Å²) >= 11 is 0. The fourth-order valence-corrected chi connectivity index (χ4v) is 3.45. The molecule has 0 unspecified atom stereocenters. The van der Waals surface area contributed by atoms with Crippen LogP contribution in [0.15, 0.2) is 42.6 Å². The molecule has 3 N–H and O–H groups in total. The first-order chi connectivity index (χ1) is 16.0. The normalized spacial score (nSPS) is 11.6. The van der Waals surface area contributed by atoms with E-state index in [2.05, 4.69) is 20.4 Å². The number of ether oxygens (including phenoxy) is 1. The Balaban J connectivity index is 1.64. The highest BCUT2D eigenvalue weighted by Gasteiger charge is 2.31. The lowest BCUT2D eigenvalue weighted by molar-refractivity contribution is -0.137. The second kappa shape index (κ2) is 8.61. The van der Waals surface area contributed by atoms with Gasteiger partial charge in [-0.05, 0) is 54.4 Å². The molecule has 0 fully saturated rings. The number of hydrogen-bond donors (Lipinski definition) is 2. The van der Waals surface area contributed by atoms with E-state index in [1.807, 2.05) is 0 Å². The number of rotatable bonds is 5. The number of anilines is 1. The number of alkyl halides is 3. The smallest absolute Gasteiger partial charge is 0.416 e. The van der Waals surface area contributed by atoms with Crippen molar-refractivity contribution in [1.82, 2.24) is 24.9 Å². The number of methoxy groups -OCH3 is 1. The van der Waals surface area contributed by atoms with Crippen LogP contribution in [0.5, 0.6) is 5.88 Å². The first-order valence-electron chi connectivity index (χ1n) is 9.88. The maximum Gasteiger partial charge on any atom is 0.416 e. The van der Waals surface area contributed by atoms with E-state index in [1.165, 1.54) is 11.6 Å². The Hall–Kier alpha value is -4.22. The Morgan fingerprint density at radius 1 is 1.18 bits per heavy atom. The molecule has 0 bridgehead atoms. The molecule has 34 heavy (non-hydrogen) atoms. The Kier molecular flexibility index (Phi) is 5.82. The zero-order valence-electron chi connectivity index (χ0n) is 17.9. The highest BCUT2D eigenvalue weighted by molar-refractivity contribution is 5.97. The first-order valence-corrected chi connectivity index (χ1v) is 9.88. The molecule has 1 amide bonds. The Morgan fingerprint density at radius 3 is 2.65 bits per heavy atom. The van der Waals surface area contributed by atoms with Crippen molar-refractivity contribution in [3.8, 4) is 17.0 Å². The molecule has 0 aliphatic carbocycles. The number of aryl methyl sites for hydroxylation is 1. The number of hydrogen-bond acceptors (Lipinski definition) is 6. The van der Waals surface area contributed by atoms with Gasteiger partial charge in [-0.15, -0.1) is 5.10 Å². The van der Waals surface area contributed by atoms with Gasteiger partial charge in [0.05, 0.1) is 12.7 Å². The van der Waals surface area contributed by atoms with Crippen molar-refractivity contribution in [3.05, 3.63) is 70.8 Å². The summed E-state index contributed by atoms with van der Waals surface area (Å²) in [5.74, 6) is -1.58. The lowest BCUT2D eigenvalue weighted by Gasteiger charge is -2.14. The van der Waals surface area contributed by atoms with Gasteiger partial charge in [-0.2, -0.15) is 18.2 Å². The van der Waals surface area contributed by atoms with Gasteiger partial charge in [0.15, 0.2) is 5.65 Å². The standard InChI is InChI=1S/C22H18F4N6O2/c1-11-16(13-3-4-32-18(7-13)30-21(27)31-32)9-17(20(29-11)34-2)19(33)28-10-12-5-14(22(24,25)26)8-15(23)6-12/h3-9H,10H2,1-2H3,(H2,27,31)(H,28,33). The molecule has 3 heterocycles. The molecule has 3 aromatic heterocycles. The zero-order chi connectivity index (χ0) is 24.6. The van der Waals surface area contributed by atoms with E-state index in [0.29, 0.717) is 28.5 Å². The minimum absolute atomic E-state index is 0.0294. The molecular weight excluding hydrogens is 456 g/mol. The summed E-state index contributed by atoms with van der Waals surface area (Å²) in [6, 6.07) is 7.10. The summed E-state index contributed by atoms with van der Waals surface area (Å²) in [5.41, 5.74) is 6.82. The van der Waals surface area contributed by atoms with Crippen molar-refractivity contribution >= 4 is 17.5 Å². The van der Waals surface area contributed by atoms with Crippen LogP contribution in [0.2, 0.25) is 0 Å². The Labute approximate surface area is 190 Å². The lowest BCUT2D eigenvalue weighted by atomic mass is 10.0. The predicted octanol–water partition coefficient (Wildman–Crippen LogP) is 3.78. The van der Waals surface area contributed by atoms with Crippen LogP contribution in [-0.4, -0.2) is 32.6 Å². The third kappa shape index (κ3) is 4.60. The van der Waals surface area contributed by atoms with Gasteiger partial charge in [-0.3, -0.25) is 4.79 Å². The van der Waals surface area contributed by atoms with Gasteiger partial charge in [0.25, 0.3) is 5.91 Å². The summed E-state index contributed by atoms with van der Waals surface area (Å²) < 4.78 is 59.2. The first kappa shape index (κ1) is 23.0. The highest BCUT2D eigenvalue weighted by atomic mass is 19.4. The molecule has 0 radical (unpaired) electrons. The van der Waals surface area contributed by atoms with Crippen molar-refractivity contribution in [2.24, 2.45) is 0 Å². The third-order valence-corrected chi connectivity index (χ3v) is 5.02. The highest BCUT2D eigenvalue weighted by Crippen LogP contribution is 2.31. The predicted molar refractivity (Wildman–Crippen MR) is 114 cm³/mol. The van der Waals surface area contributed by atoms with Gasteiger partial charge in [0, 0.05) is 24.0 Å². The van der Waals surface area contributed by atoms with Gasteiger partial charge in [0.1, 0.15) is 11.4 Å². The molecule has 0 saturated carbocycles. The van der Waals surface area contributed by atoms with E-state index in [-0.39, 0.29) is 29.5 Å². The van der Waals surface area contributed by atoms with E-state index in [9.17, 15) is 22.4 Å². The average molecular weight is 474 g/mol. The van der Waals surface area contributed by atoms with Crippen molar-refractivity contribution in [2.45, 2.75) is 19.6 Å². The largest absolute Gasteiger partial charge is 0.480 e. The average Bonchev–Trinajstić information content (AvgIpc) is 3.15. The fraction of sp³-hybridized carbons (Fsp3) is 0.182. The Morgan fingerprint density at radius 2 is 1.94 bits per heavy atom. The Bertz CT molecular complexity index is 1400. The van der Waals surface area contributed by atoms with Gasteiger partial charge in [-0.25, -0.2) is 13.9 Å². The minimum atomic E-state index is -4.71. The molecule has 0 spiro atoms.